The first-order valence-corrected chi connectivity index (χ1v) is 7.22. The molecule has 1 amide bonds. The quantitative estimate of drug-likeness (QED) is 0.768. The summed E-state index contributed by atoms with van der Waals surface area (Å²) < 4.78 is 5.25. The maximum absolute atomic E-state index is 11.6. The Morgan fingerprint density at radius 3 is 2.76 bits per heavy atom. The lowest BCUT2D eigenvalue weighted by molar-refractivity contribution is -0.122. The number of anilines is 1. The number of piperazine rings is 1. The predicted molar refractivity (Wildman–Crippen MR) is 81.7 cm³/mol. The van der Waals surface area contributed by atoms with Gasteiger partial charge in [-0.05, 0) is 12.1 Å². The molecule has 1 aromatic carbocycles. The molecule has 0 saturated carbocycles. The number of nitrogens with zero attached hydrogens (tertiary/aromatic N) is 2. The van der Waals surface area contributed by atoms with E-state index in [1.54, 1.807) is 7.11 Å². The summed E-state index contributed by atoms with van der Waals surface area (Å²) in [6.07, 6.45) is 0. The van der Waals surface area contributed by atoms with Crippen molar-refractivity contribution in [3.63, 3.8) is 0 Å². The smallest absolute Gasteiger partial charge is 0.234 e. The summed E-state index contributed by atoms with van der Waals surface area (Å²) >= 11 is 0. The van der Waals surface area contributed by atoms with E-state index in [0.29, 0.717) is 13.1 Å². The number of ether oxygens (including phenoxy) is 1. The van der Waals surface area contributed by atoms with Gasteiger partial charge in [0.1, 0.15) is 5.75 Å². The number of carbonyl (C=O) groups excluding carboxylic acids is 1. The van der Waals surface area contributed by atoms with Crippen molar-refractivity contribution in [3.8, 4) is 5.75 Å². The van der Waals surface area contributed by atoms with Crippen LogP contribution in [0.3, 0.4) is 0 Å². The monoisotopic (exact) mass is 293 g/mol. The SMILES string of the molecule is COc1cccc(N2CCN(CC(=O)NCCO)CC2)c1. The molecule has 1 saturated heterocycles. The van der Waals surface area contributed by atoms with Crippen LogP contribution in [0.5, 0.6) is 5.75 Å². The van der Waals surface area contributed by atoms with Crippen molar-refractivity contribution in [3.05, 3.63) is 24.3 Å². The Balaban J connectivity index is 1.81. The van der Waals surface area contributed by atoms with Gasteiger partial charge in [0.2, 0.25) is 5.91 Å². The summed E-state index contributed by atoms with van der Waals surface area (Å²) in [6, 6.07) is 8.03. The van der Waals surface area contributed by atoms with E-state index in [1.165, 1.54) is 0 Å². The number of hydrogen-bond donors (Lipinski definition) is 2. The van der Waals surface area contributed by atoms with Crippen LogP contribution in [0.4, 0.5) is 5.69 Å². The van der Waals surface area contributed by atoms with Crippen LogP contribution in [-0.4, -0.2) is 68.9 Å². The number of rotatable bonds is 6. The average Bonchev–Trinajstić information content (AvgIpc) is 2.53. The van der Waals surface area contributed by atoms with Crippen LogP contribution in [0.2, 0.25) is 0 Å². The zero-order valence-electron chi connectivity index (χ0n) is 12.4. The normalized spacial score (nSPS) is 15.8. The summed E-state index contributed by atoms with van der Waals surface area (Å²) in [5, 5.41) is 11.4. The minimum Gasteiger partial charge on any atom is -0.497 e. The Hall–Kier alpha value is -1.79. The van der Waals surface area contributed by atoms with Crippen LogP contribution < -0.4 is 15.0 Å². The molecule has 0 bridgehead atoms. The maximum Gasteiger partial charge on any atom is 0.234 e. The third kappa shape index (κ3) is 4.61. The van der Waals surface area contributed by atoms with Crippen molar-refractivity contribution < 1.29 is 14.6 Å². The van der Waals surface area contributed by atoms with Crippen LogP contribution in [-0.2, 0) is 4.79 Å². The van der Waals surface area contributed by atoms with Crippen LogP contribution in [0.25, 0.3) is 0 Å². The first kappa shape index (κ1) is 15.6. The number of carbonyl (C=O) groups is 1. The van der Waals surface area contributed by atoms with E-state index < -0.39 is 0 Å². The van der Waals surface area contributed by atoms with Gasteiger partial charge in [-0.15, -0.1) is 0 Å². The Labute approximate surface area is 125 Å². The van der Waals surface area contributed by atoms with Crippen LogP contribution in [0.15, 0.2) is 24.3 Å². The van der Waals surface area contributed by atoms with Gasteiger partial charge in [0.15, 0.2) is 0 Å². The maximum atomic E-state index is 11.6. The molecule has 1 fully saturated rings. The molecule has 116 valence electrons. The Morgan fingerprint density at radius 2 is 2.10 bits per heavy atom. The van der Waals surface area contributed by atoms with Gasteiger partial charge in [0, 0.05) is 44.5 Å². The van der Waals surface area contributed by atoms with E-state index in [2.05, 4.69) is 21.2 Å². The number of nitrogens with one attached hydrogen (secondary N) is 1. The van der Waals surface area contributed by atoms with Gasteiger partial charge >= 0.3 is 0 Å². The molecule has 6 nitrogen and oxygen atoms in total. The second-order valence-electron chi connectivity index (χ2n) is 5.04. The molecule has 0 spiro atoms. The van der Waals surface area contributed by atoms with Crippen molar-refractivity contribution in [2.75, 3.05) is 57.9 Å². The van der Waals surface area contributed by atoms with Crippen molar-refractivity contribution in [1.29, 1.82) is 0 Å². The minimum absolute atomic E-state index is 0.0185. The molecule has 2 rings (SSSR count). The highest BCUT2D eigenvalue weighted by atomic mass is 16.5. The third-order valence-electron chi connectivity index (χ3n) is 3.59. The van der Waals surface area contributed by atoms with Gasteiger partial charge in [0.25, 0.3) is 0 Å². The Bertz CT molecular complexity index is 459. The van der Waals surface area contributed by atoms with E-state index >= 15 is 0 Å². The van der Waals surface area contributed by atoms with Gasteiger partial charge < -0.3 is 20.1 Å². The van der Waals surface area contributed by atoms with Crippen LogP contribution in [0, 0.1) is 0 Å². The fourth-order valence-electron chi connectivity index (χ4n) is 2.43. The highest BCUT2D eigenvalue weighted by molar-refractivity contribution is 5.78. The number of aliphatic hydroxyl groups excluding tert-OH is 1. The summed E-state index contributed by atoms with van der Waals surface area (Å²) in [6.45, 7) is 4.18. The van der Waals surface area contributed by atoms with Crippen LogP contribution in [0.1, 0.15) is 0 Å². The zero-order valence-corrected chi connectivity index (χ0v) is 12.4. The minimum atomic E-state index is -0.0288. The van der Waals surface area contributed by atoms with Gasteiger partial charge in [-0.1, -0.05) is 6.07 Å². The fourth-order valence-corrected chi connectivity index (χ4v) is 2.43. The van der Waals surface area contributed by atoms with E-state index in [1.807, 2.05) is 18.2 Å². The molecule has 0 atom stereocenters. The lowest BCUT2D eigenvalue weighted by atomic mass is 10.2. The number of benzene rings is 1. The fraction of sp³-hybridized carbons (Fsp3) is 0.533. The van der Waals surface area contributed by atoms with Gasteiger partial charge in [-0.2, -0.15) is 0 Å². The number of hydrogen-bond acceptors (Lipinski definition) is 5. The highest BCUT2D eigenvalue weighted by Gasteiger charge is 2.19. The molecule has 1 aromatic rings. The number of aliphatic hydroxyl groups is 1. The Morgan fingerprint density at radius 1 is 1.33 bits per heavy atom. The van der Waals surface area contributed by atoms with Crippen molar-refractivity contribution in [2.24, 2.45) is 0 Å². The van der Waals surface area contributed by atoms with E-state index in [0.717, 1.165) is 37.6 Å². The summed E-state index contributed by atoms with van der Waals surface area (Å²) in [5.74, 6) is 0.831. The third-order valence-corrected chi connectivity index (χ3v) is 3.59. The molecule has 0 aliphatic carbocycles. The molecule has 1 aliphatic heterocycles. The van der Waals surface area contributed by atoms with Crippen molar-refractivity contribution in [2.45, 2.75) is 0 Å². The summed E-state index contributed by atoms with van der Waals surface area (Å²) in [7, 11) is 1.67. The molecule has 0 radical (unpaired) electrons. The average molecular weight is 293 g/mol. The zero-order chi connectivity index (χ0) is 15.1. The largest absolute Gasteiger partial charge is 0.497 e. The van der Waals surface area contributed by atoms with E-state index in [4.69, 9.17) is 9.84 Å². The second kappa shape index (κ2) is 7.85. The van der Waals surface area contributed by atoms with E-state index in [9.17, 15) is 4.79 Å². The molecule has 2 N–H and O–H groups in total. The number of methoxy groups -OCH3 is 1. The first-order chi connectivity index (χ1) is 10.2. The first-order valence-electron chi connectivity index (χ1n) is 7.22. The summed E-state index contributed by atoms with van der Waals surface area (Å²) in [5.41, 5.74) is 1.15. The van der Waals surface area contributed by atoms with Crippen LogP contribution >= 0.6 is 0 Å². The molecule has 21 heavy (non-hydrogen) atoms. The lowest BCUT2D eigenvalue weighted by Gasteiger charge is -2.35. The van der Waals surface area contributed by atoms with Gasteiger partial charge in [-0.25, -0.2) is 0 Å². The molecular weight excluding hydrogens is 270 g/mol. The van der Waals surface area contributed by atoms with Gasteiger partial charge in [0.05, 0.1) is 20.3 Å². The molecule has 6 heteroatoms. The lowest BCUT2D eigenvalue weighted by Crippen LogP contribution is -2.49. The van der Waals surface area contributed by atoms with Crippen molar-refractivity contribution in [1.82, 2.24) is 10.2 Å². The van der Waals surface area contributed by atoms with Gasteiger partial charge in [-0.3, -0.25) is 9.69 Å². The molecule has 1 aliphatic rings. The molecule has 0 unspecified atom stereocenters. The highest BCUT2D eigenvalue weighted by Crippen LogP contribution is 2.21. The number of amides is 1. The predicted octanol–water partition coefficient (Wildman–Crippen LogP) is -0.0743. The molecule has 0 aromatic heterocycles. The topological polar surface area (TPSA) is 65.0 Å². The standard InChI is InChI=1S/C15H23N3O3/c1-21-14-4-2-3-13(11-14)18-8-6-17(7-9-18)12-15(20)16-5-10-19/h2-4,11,19H,5-10,12H2,1H3,(H,16,20). The summed E-state index contributed by atoms with van der Waals surface area (Å²) in [4.78, 5) is 16.0. The molecule has 1 heterocycles. The van der Waals surface area contributed by atoms with Crippen molar-refractivity contribution >= 4 is 11.6 Å². The van der Waals surface area contributed by atoms with E-state index in [-0.39, 0.29) is 12.5 Å². The Kier molecular flexibility index (Phi) is 5.83. The second-order valence-corrected chi connectivity index (χ2v) is 5.04. The molecular formula is C15H23N3O3.